The van der Waals surface area contributed by atoms with Gasteiger partial charge in [0.2, 0.25) is 12.7 Å². The number of amides is 1. The van der Waals surface area contributed by atoms with Gasteiger partial charge in [-0.05, 0) is 48.8 Å². The Balaban J connectivity index is 1.19. The van der Waals surface area contributed by atoms with Gasteiger partial charge in [0.1, 0.15) is 0 Å². The lowest BCUT2D eigenvalue weighted by atomic mass is 9.84. The van der Waals surface area contributed by atoms with Gasteiger partial charge in [0.05, 0.1) is 6.04 Å². The molecule has 6 heteroatoms. The summed E-state index contributed by atoms with van der Waals surface area (Å²) >= 11 is 0. The number of benzene rings is 1. The van der Waals surface area contributed by atoms with Crippen molar-refractivity contribution in [1.82, 2.24) is 15.8 Å². The molecule has 2 N–H and O–H groups in total. The molecule has 144 valence electrons. The maximum atomic E-state index is 13.2. The quantitative estimate of drug-likeness (QED) is 0.838. The fourth-order valence-electron chi connectivity index (χ4n) is 5.99. The molecule has 4 unspecified atom stereocenters. The van der Waals surface area contributed by atoms with Gasteiger partial charge < -0.3 is 14.4 Å². The second kappa shape index (κ2) is 5.85. The molecular formula is C21H27N3O3. The van der Waals surface area contributed by atoms with Crippen LogP contribution in [-0.2, 0) is 4.79 Å². The number of hydrazine groups is 1. The Morgan fingerprint density at radius 1 is 1.15 bits per heavy atom. The van der Waals surface area contributed by atoms with Gasteiger partial charge in [0, 0.05) is 31.0 Å². The number of fused-ring (bicyclic) bond motifs is 2. The van der Waals surface area contributed by atoms with E-state index in [1.54, 1.807) is 0 Å². The predicted molar refractivity (Wildman–Crippen MR) is 99.1 cm³/mol. The third-order valence-electron chi connectivity index (χ3n) is 7.67. The summed E-state index contributed by atoms with van der Waals surface area (Å²) in [6.45, 7) is 2.02. The van der Waals surface area contributed by atoms with E-state index in [9.17, 15) is 4.79 Å². The smallest absolute Gasteiger partial charge is 0.231 e. The Bertz CT molecular complexity index is 776. The number of carbonyl (C=O) groups is 1. The van der Waals surface area contributed by atoms with Crippen molar-refractivity contribution in [1.29, 1.82) is 0 Å². The molecular weight excluding hydrogens is 342 g/mol. The van der Waals surface area contributed by atoms with Crippen LogP contribution in [0.3, 0.4) is 0 Å². The third-order valence-corrected chi connectivity index (χ3v) is 7.67. The molecule has 1 aromatic rings. The molecule has 27 heavy (non-hydrogen) atoms. The molecule has 2 aliphatic carbocycles. The summed E-state index contributed by atoms with van der Waals surface area (Å²) in [7, 11) is 0. The summed E-state index contributed by atoms with van der Waals surface area (Å²) < 4.78 is 11.0. The first-order valence-corrected chi connectivity index (χ1v) is 10.4. The van der Waals surface area contributed by atoms with E-state index in [-0.39, 0.29) is 6.04 Å². The number of hydrogen-bond acceptors (Lipinski definition) is 5. The minimum atomic E-state index is 0.194. The maximum Gasteiger partial charge on any atom is 0.231 e. The SMILES string of the molecule is O=C(C1CC12CCCC2)N1CCC2NNC(c3ccc4c(c3)OCO4)C2C1. The molecule has 6 rings (SSSR count). The van der Waals surface area contributed by atoms with Crippen molar-refractivity contribution < 1.29 is 14.3 Å². The molecule has 0 radical (unpaired) electrons. The van der Waals surface area contributed by atoms with Gasteiger partial charge in [-0.2, -0.15) is 0 Å². The number of nitrogens with zero attached hydrogens (tertiary/aromatic N) is 1. The van der Waals surface area contributed by atoms with Gasteiger partial charge >= 0.3 is 0 Å². The van der Waals surface area contributed by atoms with Crippen LogP contribution in [-0.4, -0.2) is 36.7 Å². The summed E-state index contributed by atoms with van der Waals surface area (Å²) in [6, 6.07) is 6.81. The first kappa shape index (κ1) is 16.2. The number of ether oxygens (including phenoxy) is 2. The van der Waals surface area contributed by atoms with Crippen LogP contribution in [0.25, 0.3) is 0 Å². The second-order valence-electron chi connectivity index (χ2n) is 9.05. The van der Waals surface area contributed by atoms with E-state index >= 15 is 0 Å². The Kier molecular flexibility index (Phi) is 3.51. The highest BCUT2D eigenvalue weighted by Gasteiger charge is 2.60. The van der Waals surface area contributed by atoms with Crippen LogP contribution in [0.4, 0.5) is 0 Å². The van der Waals surface area contributed by atoms with Crippen LogP contribution < -0.4 is 20.3 Å². The summed E-state index contributed by atoms with van der Waals surface area (Å²) in [5, 5.41) is 0. The lowest BCUT2D eigenvalue weighted by Gasteiger charge is -2.36. The molecule has 6 nitrogen and oxygen atoms in total. The standard InChI is InChI=1S/C21H27N3O3/c25-20(15-10-21(15)6-1-2-7-21)24-8-5-16-14(11-24)19(23-22-16)13-3-4-17-18(9-13)27-12-26-17/h3-4,9,14-16,19,22-23H,1-2,5-8,10-12H2. The molecule has 4 fully saturated rings. The van der Waals surface area contributed by atoms with E-state index in [1.807, 2.05) is 6.07 Å². The van der Waals surface area contributed by atoms with E-state index in [0.717, 1.165) is 37.4 Å². The fourth-order valence-corrected chi connectivity index (χ4v) is 5.99. The van der Waals surface area contributed by atoms with Crippen molar-refractivity contribution in [2.75, 3.05) is 19.9 Å². The lowest BCUT2D eigenvalue weighted by molar-refractivity contribution is -0.135. The third kappa shape index (κ3) is 2.49. The van der Waals surface area contributed by atoms with E-state index < -0.39 is 0 Å². The van der Waals surface area contributed by atoms with Crippen LogP contribution in [0.15, 0.2) is 18.2 Å². The topological polar surface area (TPSA) is 62.8 Å². The highest BCUT2D eigenvalue weighted by Crippen LogP contribution is 2.63. The zero-order chi connectivity index (χ0) is 18.0. The summed E-state index contributed by atoms with van der Waals surface area (Å²) in [5.74, 6) is 2.76. The molecule has 1 amide bonds. The highest BCUT2D eigenvalue weighted by atomic mass is 16.7. The minimum Gasteiger partial charge on any atom is -0.454 e. The average molecular weight is 369 g/mol. The number of rotatable bonds is 2. The monoisotopic (exact) mass is 369 g/mol. The van der Waals surface area contributed by atoms with Gasteiger partial charge in [-0.3, -0.25) is 10.2 Å². The second-order valence-corrected chi connectivity index (χ2v) is 9.05. The summed E-state index contributed by atoms with van der Waals surface area (Å²) in [5.41, 5.74) is 8.53. The van der Waals surface area contributed by atoms with Gasteiger partial charge in [-0.15, -0.1) is 0 Å². The normalized spacial score (nSPS) is 35.5. The van der Waals surface area contributed by atoms with E-state index in [2.05, 4.69) is 27.9 Å². The van der Waals surface area contributed by atoms with Crippen LogP contribution >= 0.6 is 0 Å². The van der Waals surface area contributed by atoms with Crippen LogP contribution in [0.5, 0.6) is 11.5 Å². The Morgan fingerprint density at radius 2 is 2.00 bits per heavy atom. The van der Waals surface area contributed by atoms with Crippen molar-refractivity contribution in [3.63, 3.8) is 0 Å². The minimum absolute atomic E-state index is 0.194. The fraction of sp³-hybridized carbons (Fsp3) is 0.667. The number of carbonyl (C=O) groups excluding carboxylic acids is 1. The molecule has 3 aliphatic heterocycles. The Labute approximate surface area is 159 Å². The molecule has 1 spiro atoms. The predicted octanol–water partition coefficient (Wildman–Crippen LogP) is 2.36. The van der Waals surface area contributed by atoms with Crippen molar-refractivity contribution in [2.45, 2.75) is 50.6 Å². The number of piperidine rings is 1. The molecule has 1 aromatic carbocycles. The molecule has 3 heterocycles. The van der Waals surface area contributed by atoms with Crippen molar-refractivity contribution >= 4 is 5.91 Å². The molecule has 0 bridgehead atoms. The first-order chi connectivity index (χ1) is 13.2. The van der Waals surface area contributed by atoms with Crippen LogP contribution in [0.1, 0.15) is 50.1 Å². The van der Waals surface area contributed by atoms with Crippen LogP contribution in [0.2, 0.25) is 0 Å². The highest BCUT2D eigenvalue weighted by molar-refractivity contribution is 5.83. The van der Waals surface area contributed by atoms with Gasteiger partial charge in [-0.25, -0.2) is 5.43 Å². The van der Waals surface area contributed by atoms with Crippen molar-refractivity contribution in [3.8, 4) is 11.5 Å². The van der Waals surface area contributed by atoms with E-state index in [0.29, 0.717) is 36.0 Å². The molecule has 5 aliphatic rings. The molecule has 4 atom stereocenters. The Hall–Kier alpha value is -1.79. The van der Waals surface area contributed by atoms with E-state index in [1.165, 1.54) is 31.2 Å². The average Bonchev–Trinajstić information content (AvgIpc) is 3.12. The number of likely N-dealkylation sites (tertiary alicyclic amines) is 1. The Morgan fingerprint density at radius 3 is 2.89 bits per heavy atom. The zero-order valence-corrected chi connectivity index (χ0v) is 15.6. The number of hydrogen-bond donors (Lipinski definition) is 2. The molecule has 0 aromatic heterocycles. The van der Waals surface area contributed by atoms with Gasteiger partial charge in [0.15, 0.2) is 11.5 Å². The maximum absolute atomic E-state index is 13.2. The summed E-state index contributed by atoms with van der Waals surface area (Å²) in [4.78, 5) is 15.3. The van der Waals surface area contributed by atoms with Gasteiger partial charge in [-0.1, -0.05) is 18.9 Å². The number of nitrogens with one attached hydrogen (secondary N) is 2. The van der Waals surface area contributed by atoms with Crippen molar-refractivity contribution in [2.24, 2.45) is 17.3 Å². The van der Waals surface area contributed by atoms with Crippen LogP contribution in [0, 0.1) is 17.3 Å². The first-order valence-electron chi connectivity index (χ1n) is 10.4. The molecule has 2 saturated carbocycles. The van der Waals surface area contributed by atoms with Gasteiger partial charge in [0.25, 0.3) is 0 Å². The summed E-state index contributed by atoms with van der Waals surface area (Å²) in [6.07, 6.45) is 7.32. The lowest BCUT2D eigenvalue weighted by Crippen LogP contribution is -2.48. The van der Waals surface area contributed by atoms with E-state index in [4.69, 9.17) is 9.47 Å². The largest absolute Gasteiger partial charge is 0.454 e. The zero-order valence-electron chi connectivity index (χ0n) is 15.6. The molecule has 2 saturated heterocycles. The van der Waals surface area contributed by atoms with Crippen molar-refractivity contribution in [3.05, 3.63) is 23.8 Å².